The molecule has 1 aliphatic rings. The average molecular weight is 619 g/mol. The summed E-state index contributed by atoms with van der Waals surface area (Å²) in [5, 5.41) is 10.6. The van der Waals surface area contributed by atoms with Crippen molar-refractivity contribution in [2.45, 2.75) is 9.79 Å². The Morgan fingerprint density at radius 1 is 0.304 bits per heavy atom. The number of fused-ring (bicyclic) bond motifs is 8. The monoisotopic (exact) mass is 618 g/mol. The van der Waals surface area contributed by atoms with Crippen molar-refractivity contribution < 1.29 is 0 Å². The number of thiophene rings is 1. The lowest BCUT2D eigenvalue weighted by Crippen LogP contribution is -1.93. The molecule has 0 bridgehead atoms. The zero-order valence-corrected chi connectivity index (χ0v) is 26.5. The molecule has 0 nitrogen and oxygen atoms in total. The molecular weight excluding hydrogens is 593 g/mol. The van der Waals surface area contributed by atoms with Crippen LogP contribution in [-0.2, 0) is 0 Å². The van der Waals surface area contributed by atoms with Gasteiger partial charge in [-0.15, -0.1) is 11.3 Å². The Balaban J connectivity index is 1.02. The minimum atomic E-state index is 1.24. The van der Waals surface area contributed by atoms with Gasteiger partial charge in [0.1, 0.15) is 0 Å². The third-order valence-electron chi connectivity index (χ3n) is 9.52. The highest BCUT2D eigenvalue weighted by Gasteiger charge is 2.21. The van der Waals surface area contributed by atoms with E-state index in [1.54, 1.807) is 0 Å². The van der Waals surface area contributed by atoms with Crippen LogP contribution in [0.3, 0.4) is 0 Å². The lowest BCUT2D eigenvalue weighted by molar-refractivity contribution is 1.40. The second-order valence-electron chi connectivity index (χ2n) is 12.0. The first kappa shape index (κ1) is 26.1. The van der Waals surface area contributed by atoms with Gasteiger partial charge in [0, 0.05) is 24.9 Å². The molecule has 10 rings (SSSR count). The predicted octanol–water partition coefficient (Wildman–Crippen LogP) is 13.5. The van der Waals surface area contributed by atoms with Crippen LogP contribution in [0.15, 0.2) is 168 Å². The zero-order valence-electron chi connectivity index (χ0n) is 24.8. The van der Waals surface area contributed by atoms with Crippen LogP contribution in [0.2, 0.25) is 0 Å². The van der Waals surface area contributed by atoms with Crippen molar-refractivity contribution in [3.63, 3.8) is 0 Å². The smallest absolute Gasteiger partial charge is 0.0355 e. The van der Waals surface area contributed by atoms with E-state index in [1.165, 1.54) is 96.0 Å². The first-order chi connectivity index (χ1) is 22.8. The minimum Gasteiger partial charge on any atom is -0.135 e. The van der Waals surface area contributed by atoms with E-state index in [0.29, 0.717) is 0 Å². The maximum absolute atomic E-state index is 2.37. The van der Waals surface area contributed by atoms with Gasteiger partial charge < -0.3 is 0 Å². The van der Waals surface area contributed by atoms with Gasteiger partial charge in [-0.1, -0.05) is 139 Å². The molecule has 9 aromatic rings. The van der Waals surface area contributed by atoms with Gasteiger partial charge in [-0.2, -0.15) is 0 Å². The Morgan fingerprint density at radius 3 is 1.67 bits per heavy atom. The average Bonchev–Trinajstić information content (AvgIpc) is 3.62. The molecular formula is C44H26S2. The lowest BCUT2D eigenvalue weighted by atomic mass is 9.92. The van der Waals surface area contributed by atoms with Crippen LogP contribution in [0.25, 0.3) is 86.2 Å². The Hall–Kier alpha value is -5.15. The lowest BCUT2D eigenvalue weighted by Gasteiger charge is -2.21. The van der Waals surface area contributed by atoms with Crippen LogP contribution < -0.4 is 0 Å². The van der Waals surface area contributed by atoms with Crippen molar-refractivity contribution in [3.8, 4) is 43.1 Å². The third-order valence-corrected chi connectivity index (χ3v) is 11.8. The van der Waals surface area contributed by atoms with Gasteiger partial charge in [0.05, 0.1) is 0 Å². The molecule has 0 unspecified atom stereocenters. The standard InChI is InChI=1S/C44H26S2/c1-2-10-32-30(8-1)31-9-3-4-11-33(31)39-26-29(20-21-34(32)39)27-16-18-28(19-17-27)40-24-25-42(45-40)36-22-23-43-44-37(13-7-14-38(36)44)35-12-5-6-15-41(35)46-43/h1-26H. The minimum absolute atomic E-state index is 1.24. The SMILES string of the molecule is c1ccc2c(c1)Sc1ccc(-c3ccc(-c4ccc(-c5ccc6c7ccccc7c7ccccc7c6c5)cc4)s3)c3cccc-2c13. The van der Waals surface area contributed by atoms with E-state index in [9.17, 15) is 0 Å². The number of hydrogen-bond donors (Lipinski definition) is 0. The largest absolute Gasteiger partial charge is 0.135 e. The molecule has 0 atom stereocenters. The van der Waals surface area contributed by atoms with E-state index >= 15 is 0 Å². The Bertz CT molecular complexity index is 2620. The molecule has 46 heavy (non-hydrogen) atoms. The van der Waals surface area contributed by atoms with Crippen LogP contribution in [0.1, 0.15) is 0 Å². The highest BCUT2D eigenvalue weighted by Crippen LogP contribution is 2.50. The molecule has 0 N–H and O–H groups in total. The van der Waals surface area contributed by atoms with E-state index in [4.69, 9.17) is 0 Å². The van der Waals surface area contributed by atoms with Crippen LogP contribution in [0.5, 0.6) is 0 Å². The summed E-state index contributed by atoms with van der Waals surface area (Å²) in [5.41, 5.74) is 7.72. The van der Waals surface area contributed by atoms with Gasteiger partial charge in [-0.25, -0.2) is 0 Å². The molecule has 0 fully saturated rings. The normalized spacial score (nSPS) is 12.3. The molecule has 0 saturated carbocycles. The van der Waals surface area contributed by atoms with Gasteiger partial charge in [0.25, 0.3) is 0 Å². The van der Waals surface area contributed by atoms with Crippen molar-refractivity contribution in [1.82, 2.24) is 0 Å². The highest BCUT2D eigenvalue weighted by molar-refractivity contribution is 7.99. The van der Waals surface area contributed by atoms with E-state index in [-0.39, 0.29) is 0 Å². The topological polar surface area (TPSA) is 0 Å². The van der Waals surface area contributed by atoms with Crippen molar-refractivity contribution in [1.29, 1.82) is 0 Å². The predicted molar refractivity (Wildman–Crippen MR) is 200 cm³/mol. The van der Waals surface area contributed by atoms with Gasteiger partial charge in [0.2, 0.25) is 0 Å². The summed E-state index contributed by atoms with van der Waals surface area (Å²) in [6.07, 6.45) is 0. The zero-order chi connectivity index (χ0) is 30.2. The van der Waals surface area contributed by atoms with Crippen molar-refractivity contribution in [3.05, 3.63) is 158 Å². The van der Waals surface area contributed by atoms with E-state index in [2.05, 4.69) is 158 Å². The molecule has 214 valence electrons. The summed E-state index contributed by atoms with van der Waals surface area (Å²) >= 11 is 3.76. The van der Waals surface area contributed by atoms with E-state index in [1.807, 2.05) is 23.1 Å². The molecule has 0 aliphatic carbocycles. The summed E-state index contributed by atoms with van der Waals surface area (Å²) < 4.78 is 0. The van der Waals surface area contributed by atoms with Gasteiger partial charge in [-0.3, -0.25) is 0 Å². The third kappa shape index (κ3) is 3.94. The van der Waals surface area contributed by atoms with Gasteiger partial charge >= 0.3 is 0 Å². The van der Waals surface area contributed by atoms with Crippen LogP contribution in [0, 0.1) is 0 Å². The summed E-state index contributed by atoms with van der Waals surface area (Å²) in [4.78, 5) is 5.27. The molecule has 0 radical (unpaired) electrons. The maximum Gasteiger partial charge on any atom is 0.0355 e. The fourth-order valence-electron chi connectivity index (χ4n) is 7.35. The summed E-state index contributed by atoms with van der Waals surface area (Å²) in [7, 11) is 0. The molecule has 2 heteroatoms. The Morgan fingerprint density at radius 2 is 0.891 bits per heavy atom. The molecule has 8 aromatic carbocycles. The number of benzene rings is 8. The van der Waals surface area contributed by atoms with Crippen molar-refractivity contribution in [2.24, 2.45) is 0 Å². The van der Waals surface area contributed by atoms with Crippen LogP contribution in [0.4, 0.5) is 0 Å². The van der Waals surface area contributed by atoms with E-state index < -0.39 is 0 Å². The number of hydrogen-bond acceptors (Lipinski definition) is 2. The summed E-state index contributed by atoms with van der Waals surface area (Å²) in [5.74, 6) is 0. The van der Waals surface area contributed by atoms with Crippen LogP contribution in [-0.4, -0.2) is 0 Å². The number of rotatable bonds is 3. The first-order valence-corrected chi connectivity index (χ1v) is 17.3. The Labute approximate surface area is 275 Å². The second kappa shape index (κ2) is 10.2. The van der Waals surface area contributed by atoms with Crippen molar-refractivity contribution >= 4 is 66.2 Å². The molecule has 0 spiro atoms. The van der Waals surface area contributed by atoms with Gasteiger partial charge in [0.15, 0.2) is 0 Å². The first-order valence-electron chi connectivity index (χ1n) is 15.7. The summed E-state index contributed by atoms with van der Waals surface area (Å²) in [6, 6.07) is 58.3. The molecule has 1 aromatic heterocycles. The molecule has 1 aliphatic heterocycles. The Kier molecular flexibility index (Phi) is 5.78. The summed E-state index contributed by atoms with van der Waals surface area (Å²) in [6.45, 7) is 0. The quantitative estimate of drug-likeness (QED) is 0.178. The van der Waals surface area contributed by atoms with E-state index in [0.717, 1.165) is 0 Å². The fraction of sp³-hybridized carbons (Fsp3) is 0. The van der Waals surface area contributed by atoms with Crippen LogP contribution >= 0.6 is 23.1 Å². The van der Waals surface area contributed by atoms with Gasteiger partial charge in [-0.05, 0) is 101 Å². The molecule has 0 amide bonds. The fourth-order valence-corrected chi connectivity index (χ4v) is 9.53. The maximum atomic E-state index is 2.37. The highest BCUT2D eigenvalue weighted by atomic mass is 32.2. The molecule has 0 saturated heterocycles. The molecule has 2 heterocycles. The second-order valence-corrected chi connectivity index (χ2v) is 14.2. The van der Waals surface area contributed by atoms with Crippen molar-refractivity contribution in [2.75, 3.05) is 0 Å².